The number of carbonyl (C=O) groups is 4. The molecular weight excluding hydrogens is 913 g/mol. The van der Waals surface area contributed by atoms with Crippen LogP contribution in [0.2, 0.25) is 0 Å². The van der Waals surface area contributed by atoms with Gasteiger partial charge in [-0.25, -0.2) is 9.59 Å². The van der Waals surface area contributed by atoms with Crippen LogP contribution in [0.3, 0.4) is 0 Å². The first-order chi connectivity index (χ1) is 34.3. The highest BCUT2D eigenvalue weighted by molar-refractivity contribution is 6.51. The second-order valence-corrected chi connectivity index (χ2v) is 25.4. The number of aliphatic hydroxyl groups excluding tert-OH is 1. The van der Waals surface area contributed by atoms with E-state index < -0.39 is 29.4 Å². The predicted molar refractivity (Wildman–Crippen MR) is 290 cm³/mol. The van der Waals surface area contributed by atoms with Gasteiger partial charge < -0.3 is 24.8 Å². The van der Waals surface area contributed by atoms with Gasteiger partial charge in [0.25, 0.3) is 0 Å². The van der Waals surface area contributed by atoms with Crippen LogP contribution >= 0.6 is 0 Å². The van der Waals surface area contributed by atoms with Crippen molar-refractivity contribution in [2.24, 2.45) is 51.2 Å². The molecule has 0 aliphatic heterocycles. The molecule has 0 saturated heterocycles. The Hall–Kier alpha value is -4.66. The highest BCUT2D eigenvalue weighted by Gasteiger charge is 2.64. The zero-order chi connectivity index (χ0) is 53.7. The van der Waals surface area contributed by atoms with E-state index in [0.717, 1.165) is 107 Å². The summed E-state index contributed by atoms with van der Waals surface area (Å²) < 4.78 is 12.4. The third kappa shape index (κ3) is 10.0. The number of aromatic hydroxyl groups is 2. The van der Waals surface area contributed by atoms with Crippen LogP contribution in [0.5, 0.6) is 11.5 Å². The number of aliphatic hydroxyl groups is 1. The Morgan fingerprint density at radius 1 is 0.671 bits per heavy atom. The van der Waals surface area contributed by atoms with Crippen molar-refractivity contribution >= 4 is 23.5 Å². The summed E-state index contributed by atoms with van der Waals surface area (Å²) in [4.78, 5) is 54.7. The number of ketones is 2. The highest BCUT2D eigenvalue weighted by atomic mass is 16.6. The lowest BCUT2D eigenvalue weighted by atomic mass is 9.69. The average Bonchev–Trinajstić information content (AvgIpc) is 3.83. The molecule has 1 aromatic carbocycles. The number of hydrogen-bond acceptors (Lipinski definition) is 9. The first kappa shape index (κ1) is 56.1. The zero-order valence-corrected chi connectivity index (χ0v) is 46.8. The van der Waals surface area contributed by atoms with Crippen LogP contribution in [0.15, 0.2) is 76.1 Å². The van der Waals surface area contributed by atoms with Gasteiger partial charge in [-0.2, -0.15) is 0 Å². The number of ether oxygens (including phenoxy) is 2. The van der Waals surface area contributed by atoms with E-state index in [0.29, 0.717) is 35.8 Å². The number of unbranched alkanes of at least 4 members (excludes halogenated alkanes) is 4. The van der Waals surface area contributed by atoms with Crippen LogP contribution in [0.25, 0.3) is 0 Å². The Morgan fingerprint density at radius 3 is 1.62 bits per heavy atom. The third-order valence-electron chi connectivity index (χ3n) is 20.8. The van der Waals surface area contributed by atoms with Gasteiger partial charge in [-0.3, -0.25) is 9.59 Å². The van der Waals surface area contributed by atoms with E-state index >= 15 is 0 Å². The summed E-state index contributed by atoms with van der Waals surface area (Å²) in [6, 6.07) is 1.71. The minimum atomic E-state index is -0.698. The number of rotatable bonds is 16. The normalized spacial score (nSPS) is 32.0. The second kappa shape index (κ2) is 21.5. The van der Waals surface area contributed by atoms with Gasteiger partial charge in [0.1, 0.15) is 40.6 Å². The van der Waals surface area contributed by atoms with Crippen LogP contribution < -0.4 is 0 Å². The lowest BCUT2D eigenvalue weighted by Crippen LogP contribution is -2.40. The number of esters is 2. The van der Waals surface area contributed by atoms with E-state index in [1.165, 1.54) is 12.0 Å². The molecule has 3 N–H and O–H groups in total. The molecule has 400 valence electrons. The quantitative estimate of drug-likeness (QED) is 0.0484. The van der Waals surface area contributed by atoms with E-state index in [9.17, 15) is 34.5 Å². The van der Waals surface area contributed by atoms with Gasteiger partial charge in [0, 0.05) is 33.8 Å². The van der Waals surface area contributed by atoms with Gasteiger partial charge in [0.2, 0.25) is 11.6 Å². The molecule has 4 fully saturated rings. The minimum absolute atomic E-state index is 0.0303. The van der Waals surface area contributed by atoms with Crippen LogP contribution in [-0.4, -0.2) is 51.0 Å². The smallest absolute Gasteiger partial charge is 0.342 e. The number of carbonyl (C=O) groups excluding carboxylic acids is 4. The average molecular weight is 1000 g/mol. The number of aryl methyl sites for hydroxylation is 1. The molecular formula is C64H90O9. The van der Waals surface area contributed by atoms with Crippen LogP contribution in [0, 0.1) is 51.2 Å². The first-order valence-corrected chi connectivity index (χ1v) is 28.2. The monoisotopic (exact) mass is 1000 g/mol. The Labute approximate surface area is 438 Å². The van der Waals surface area contributed by atoms with Crippen LogP contribution in [-0.2, 0) is 30.3 Å². The summed E-state index contributed by atoms with van der Waals surface area (Å²) in [6.45, 7) is 34.1. The molecule has 0 radical (unpaired) electrons. The van der Waals surface area contributed by atoms with Gasteiger partial charge in [-0.1, -0.05) is 129 Å². The second-order valence-electron chi connectivity index (χ2n) is 25.4. The molecule has 4 saturated carbocycles. The number of benzene rings is 1. The maximum atomic E-state index is 13.8. The van der Waals surface area contributed by atoms with E-state index in [1.54, 1.807) is 6.07 Å². The highest BCUT2D eigenvalue weighted by Crippen LogP contribution is 2.67. The summed E-state index contributed by atoms with van der Waals surface area (Å²) in [6.07, 6.45) is 19.6. The van der Waals surface area contributed by atoms with Gasteiger partial charge in [-0.05, 0) is 164 Å². The summed E-state index contributed by atoms with van der Waals surface area (Å²) in [5.74, 6) is -2.54. The van der Waals surface area contributed by atoms with E-state index in [2.05, 4.69) is 81.5 Å². The van der Waals surface area contributed by atoms with E-state index in [-0.39, 0.29) is 97.6 Å². The molecule has 9 heteroatoms. The summed E-state index contributed by atoms with van der Waals surface area (Å²) >= 11 is 0. The number of allylic oxidation sites excluding steroid dienone is 8. The van der Waals surface area contributed by atoms with Crippen molar-refractivity contribution in [3.05, 3.63) is 92.8 Å². The number of phenolic OH excluding ortho intramolecular Hbond substituents is 2. The largest absolute Gasteiger partial charge is 0.507 e. The molecule has 0 aromatic heterocycles. The number of phenols is 2. The Balaban J connectivity index is 0.000000214. The number of fused-ring (bicyclic) bond motifs is 4. The fraction of sp³-hybridized carbons (Fsp3) is 0.656. The lowest BCUT2D eigenvalue weighted by molar-refractivity contribution is -0.152. The standard InChI is InChI=1S/C32H44O5.C32H46O4/c1-8-9-10-11-22-26(30(36)37-24-17-20-14-15-32(24,7)31(20,5)6)28(34)25(29(35)27(22)33)23-16-19(4)12-13-21(23)18(2)3;1-8-9-10-11-21-17-25(33)28(24-16-20(4)12-13-23(24)19(2)3)29(34)27(21)30(35)36-26-18-22-14-15-32(26,7)31(22,5)6/h16,20-21,23-24,34H,2,8-15,17H2,1,3-7H3;16-17,22-24,26,33-34H,2,8-15,18H2,1,3-7H3/t20?,21-,23+,24?,32?;22?,23-,24+,26?,32?/m00/s1. The molecule has 7 aliphatic rings. The molecule has 73 heavy (non-hydrogen) atoms. The molecule has 10 atom stereocenters. The molecule has 0 heterocycles. The molecule has 1 aromatic rings. The lowest BCUT2D eigenvalue weighted by Gasteiger charge is -2.38. The van der Waals surface area contributed by atoms with Crippen molar-refractivity contribution < 1.29 is 44.0 Å². The van der Waals surface area contributed by atoms with Crippen molar-refractivity contribution in [1.82, 2.24) is 0 Å². The number of Topliss-reactive ketones (excluding diaryl/α,β-unsaturated/α-hetero) is 2. The third-order valence-corrected chi connectivity index (χ3v) is 20.8. The minimum Gasteiger partial charge on any atom is -0.507 e. The fourth-order valence-electron chi connectivity index (χ4n) is 14.9. The van der Waals surface area contributed by atoms with Crippen molar-refractivity contribution in [3.63, 3.8) is 0 Å². The maximum absolute atomic E-state index is 13.8. The van der Waals surface area contributed by atoms with Crippen molar-refractivity contribution in [2.45, 2.75) is 217 Å². The van der Waals surface area contributed by atoms with E-state index in [4.69, 9.17) is 9.47 Å². The zero-order valence-electron chi connectivity index (χ0n) is 46.8. The molecule has 6 unspecified atom stereocenters. The van der Waals surface area contributed by atoms with Crippen molar-refractivity contribution in [3.8, 4) is 11.5 Å². The fourth-order valence-corrected chi connectivity index (χ4v) is 14.9. The van der Waals surface area contributed by atoms with Crippen LogP contribution in [0.1, 0.15) is 220 Å². The first-order valence-electron chi connectivity index (χ1n) is 28.2. The summed E-state index contributed by atoms with van der Waals surface area (Å²) in [7, 11) is 0. The van der Waals surface area contributed by atoms with Gasteiger partial charge in [0.15, 0.2) is 0 Å². The topological polar surface area (TPSA) is 147 Å². The van der Waals surface area contributed by atoms with Crippen molar-refractivity contribution in [2.75, 3.05) is 0 Å². The van der Waals surface area contributed by atoms with Gasteiger partial charge in [0.05, 0.1) is 5.57 Å². The maximum Gasteiger partial charge on any atom is 0.342 e. The Morgan fingerprint density at radius 2 is 1.15 bits per heavy atom. The Kier molecular flexibility index (Phi) is 16.5. The molecule has 7 aliphatic carbocycles. The molecule has 0 amide bonds. The van der Waals surface area contributed by atoms with E-state index in [1.807, 2.05) is 26.8 Å². The molecule has 8 rings (SSSR count). The summed E-state index contributed by atoms with van der Waals surface area (Å²) in [5.41, 5.74) is 5.65. The molecule has 4 bridgehead atoms. The van der Waals surface area contributed by atoms with Crippen molar-refractivity contribution in [1.29, 1.82) is 0 Å². The molecule has 0 spiro atoms. The predicted octanol–water partition coefficient (Wildman–Crippen LogP) is 15.4. The van der Waals surface area contributed by atoms with Crippen LogP contribution in [0.4, 0.5) is 0 Å². The van der Waals surface area contributed by atoms with Gasteiger partial charge >= 0.3 is 11.9 Å². The Bertz CT molecular complexity index is 2530. The summed E-state index contributed by atoms with van der Waals surface area (Å²) in [5, 5.41) is 34.5. The molecule has 9 nitrogen and oxygen atoms in total. The SMILES string of the molecule is C=C(C)[C@@H]1CCC(C)=C[C@H]1C1=C(O)C(C(=O)OC2CC3CCC2(C)C3(C)C)=C(CCCCC)C(=O)C1=O.C=C(C)[C@@H]1CCC(C)=C[C@H]1c1c(O)cc(CCCCC)c(C(=O)OC2CC3CCC2(C)C3(C)C)c1O. The van der Waals surface area contributed by atoms with Gasteiger partial charge in [-0.15, -0.1) is 0 Å². The number of hydrogen-bond donors (Lipinski definition) is 3.